The number of nitrogens with zero attached hydrogens (tertiary/aromatic N) is 1. The Balaban J connectivity index is 3.01. The van der Waals surface area contributed by atoms with Crippen molar-refractivity contribution in [1.82, 2.24) is 0 Å². The van der Waals surface area contributed by atoms with Crippen molar-refractivity contribution in [2.24, 2.45) is 5.73 Å². The first-order valence-corrected chi connectivity index (χ1v) is 6.00. The molecule has 0 spiro atoms. The van der Waals surface area contributed by atoms with Gasteiger partial charge in [-0.25, -0.2) is 0 Å². The SMILES string of the molecule is CC(C)N(C)c1ccc([C@@H](C)N)c(Br)c1. The van der Waals surface area contributed by atoms with Crippen LogP contribution >= 0.6 is 15.9 Å². The zero-order valence-electron chi connectivity index (χ0n) is 9.79. The summed E-state index contributed by atoms with van der Waals surface area (Å²) in [6.07, 6.45) is 0. The zero-order chi connectivity index (χ0) is 11.6. The van der Waals surface area contributed by atoms with Crippen LogP contribution in [0.5, 0.6) is 0 Å². The van der Waals surface area contributed by atoms with Crippen LogP contribution in [-0.2, 0) is 0 Å². The van der Waals surface area contributed by atoms with Gasteiger partial charge in [-0.1, -0.05) is 22.0 Å². The van der Waals surface area contributed by atoms with Crippen molar-refractivity contribution in [3.8, 4) is 0 Å². The molecule has 2 nitrogen and oxygen atoms in total. The lowest BCUT2D eigenvalue weighted by Gasteiger charge is -2.24. The van der Waals surface area contributed by atoms with Crippen molar-refractivity contribution >= 4 is 21.6 Å². The number of benzene rings is 1. The van der Waals surface area contributed by atoms with E-state index in [9.17, 15) is 0 Å². The molecule has 0 saturated heterocycles. The molecule has 0 saturated carbocycles. The van der Waals surface area contributed by atoms with Crippen molar-refractivity contribution < 1.29 is 0 Å². The third-order valence-corrected chi connectivity index (χ3v) is 3.34. The minimum absolute atomic E-state index is 0.0674. The van der Waals surface area contributed by atoms with E-state index in [4.69, 9.17) is 5.73 Å². The maximum absolute atomic E-state index is 5.86. The van der Waals surface area contributed by atoms with Crippen LogP contribution in [0.4, 0.5) is 5.69 Å². The quantitative estimate of drug-likeness (QED) is 0.913. The van der Waals surface area contributed by atoms with Crippen LogP contribution in [0, 0.1) is 0 Å². The van der Waals surface area contributed by atoms with E-state index in [0.29, 0.717) is 6.04 Å². The molecule has 1 rings (SSSR count). The summed E-state index contributed by atoms with van der Waals surface area (Å²) in [5.41, 5.74) is 8.22. The lowest BCUT2D eigenvalue weighted by molar-refractivity contribution is 0.752. The normalized spacial score (nSPS) is 13.0. The maximum Gasteiger partial charge on any atom is 0.0377 e. The van der Waals surface area contributed by atoms with Crippen molar-refractivity contribution in [2.75, 3.05) is 11.9 Å². The topological polar surface area (TPSA) is 29.3 Å². The van der Waals surface area contributed by atoms with E-state index in [2.05, 4.69) is 59.9 Å². The molecule has 0 unspecified atom stereocenters. The Hall–Kier alpha value is -0.540. The minimum Gasteiger partial charge on any atom is -0.372 e. The van der Waals surface area contributed by atoms with Gasteiger partial charge in [-0.15, -0.1) is 0 Å². The van der Waals surface area contributed by atoms with Gasteiger partial charge in [0.2, 0.25) is 0 Å². The first kappa shape index (κ1) is 12.5. The second-order valence-electron chi connectivity index (χ2n) is 4.20. The average Bonchev–Trinajstić information content (AvgIpc) is 2.15. The van der Waals surface area contributed by atoms with Crippen molar-refractivity contribution in [3.63, 3.8) is 0 Å². The second-order valence-corrected chi connectivity index (χ2v) is 5.05. The van der Waals surface area contributed by atoms with E-state index < -0.39 is 0 Å². The first-order valence-electron chi connectivity index (χ1n) is 5.21. The summed E-state index contributed by atoms with van der Waals surface area (Å²) in [6, 6.07) is 6.89. The molecule has 0 aromatic heterocycles. The number of hydrogen-bond donors (Lipinski definition) is 1. The molecule has 0 amide bonds. The fourth-order valence-corrected chi connectivity index (χ4v) is 2.13. The van der Waals surface area contributed by atoms with Crippen LogP contribution in [0.15, 0.2) is 22.7 Å². The summed E-state index contributed by atoms with van der Waals surface area (Å²) in [7, 11) is 2.10. The van der Waals surface area contributed by atoms with Crippen LogP contribution in [0.3, 0.4) is 0 Å². The second kappa shape index (κ2) is 4.99. The third-order valence-electron chi connectivity index (χ3n) is 2.66. The summed E-state index contributed by atoms with van der Waals surface area (Å²) in [5.74, 6) is 0. The Morgan fingerprint density at radius 2 is 1.87 bits per heavy atom. The molecule has 0 bridgehead atoms. The summed E-state index contributed by atoms with van der Waals surface area (Å²) < 4.78 is 1.09. The Morgan fingerprint density at radius 1 is 1.27 bits per heavy atom. The van der Waals surface area contributed by atoms with Crippen LogP contribution in [0.1, 0.15) is 32.4 Å². The molecule has 1 aromatic rings. The van der Waals surface area contributed by atoms with Crippen LogP contribution in [0.2, 0.25) is 0 Å². The number of nitrogens with two attached hydrogens (primary N) is 1. The summed E-state index contributed by atoms with van der Waals surface area (Å²) in [5, 5.41) is 0. The Labute approximate surface area is 101 Å². The standard InChI is InChI=1S/C12H19BrN2/c1-8(2)15(4)10-5-6-11(9(3)14)12(13)7-10/h5-9H,14H2,1-4H3/t9-/m1/s1. The number of anilines is 1. The molecule has 2 N–H and O–H groups in total. The van der Waals surface area contributed by atoms with Gasteiger partial charge >= 0.3 is 0 Å². The molecular formula is C12H19BrN2. The highest BCUT2D eigenvalue weighted by Gasteiger charge is 2.09. The van der Waals surface area contributed by atoms with Crippen LogP contribution in [-0.4, -0.2) is 13.1 Å². The zero-order valence-corrected chi connectivity index (χ0v) is 11.4. The number of hydrogen-bond acceptors (Lipinski definition) is 2. The van der Waals surface area contributed by atoms with E-state index in [1.807, 2.05) is 6.92 Å². The highest BCUT2D eigenvalue weighted by molar-refractivity contribution is 9.10. The first-order chi connectivity index (χ1) is 6.93. The van der Waals surface area contributed by atoms with Crippen molar-refractivity contribution in [1.29, 1.82) is 0 Å². The lowest BCUT2D eigenvalue weighted by Crippen LogP contribution is -2.25. The van der Waals surface area contributed by atoms with Gasteiger partial charge in [-0.3, -0.25) is 0 Å². The molecule has 0 fully saturated rings. The van der Waals surface area contributed by atoms with Gasteiger partial charge in [0.05, 0.1) is 0 Å². The predicted octanol–water partition coefficient (Wildman–Crippen LogP) is 3.31. The van der Waals surface area contributed by atoms with Crippen LogP contribution < -0.4 is 10.6 Å². The molecule has 0 radical (unpaired) electrons. The monoisotopic (exact) mass is 270 g/mol. The van der Waals surface area contributed by atoms with Gasteiger partial charge in [-0.2, -0.15) is 0 Å². The van der Waals surface area contributed by atoms with E-state index in [0.717, 1.165) is 10.0 Å². The molecule has 84 valence electrons. The van der Waals surface area contributed by atoms with Gasteiger partial charge in [-0.05, 0) is 38.5 Å². The molecule has 15 heavy (non-hydrogen) atoms. The highest BCUT2D eigenvalue weighted by Crippen LogP contribution is 2.27. The van der Waals surface area contributed by atoms with E-state index in [-0.39, 0.29) is 6.04 Å². The number of rotatable bonds is 3. The molecule has 3 heteroatoms. The summed E-state index contributed by atoms with van der Waals surface area (Å²) in [6.45, 7) is 6.34. The Kier molecular flexibility index (Phi) is 4.17. The Morgan fingerprint density at radius 3 is 2.27 bits per heavy atom. The average molecular weight is 271 g/mol. The highest BCUT2D eigenvalue weighted by atomic mass is 79.9. The molecule has 0 aliphatic rings. The van der Waals surface area contributed by atoms with E-state index in [1.165, 1.54) is 5.69 Å². The van der Waals surface area contributed by atoms with Gasteiger partial charge in [0.1, 0.15) is 0 Å². The minimum atomic E-state index is 0.0674. The molecule has 0 aliphatic heterocycles. The van der Waals surface area contributed by atoms with E-state index in [1.54, 1.807) is 0 Å². The molecule has 1 atom stereocenters. The van der Waals surface area contributed by atoms with Gasteiger partial charge in [0.15, 0.2) is 0 Å². The Bertz CT molecular complexity index is 334. The predicted molar refractivity (Wildman–Crippen MR) is 70.3 cm³/mol. The van der Waals surface area contributed by atoms with E-state index >= 15 is 0 Å². The summed E-state index contributed by atoms with van der Waals surface area (Å²) >= 11 is 3.56. The maximum atomic E-state index is 5.86. The molecule has 0 aliphatic carbocycles. The largest absolute Gasteiger partial charge is 0.372 e. The van der Waals surface area contributed by atoms with Crippen molar-refractivity contribution in [3.05, 3.63) is 28.2 Å². The smallest absolute Gasteiger partial charge is 0.0377 e. The van der Waals surface area contributed by atoms with Gasteiger partial charge in [0.25, 0.3) is 0 Å². The van der Waals surface area contributed by atoms with Crippen LogP contribution in [0.25, 0.3) is 0 Å². The fraction of sp³-hybridized carbons (Fsp3) is 0.500. The van der Waals surface area contributed by atoms with Crippen molar-refractivity contribution in [2.45, 2.75) is 32.9 Å². The third kappa shape index (κ3) is 2.95. The molecule has 1 aromatic carbocycles. The lowest BCUT2D eigenvalue weighted by atomic mass is 10.1. The fourth-order valence-electron chi connectivity index (χ4n) is 1.40. The number of halogens is 1. The molecule has 0 heterocycles. The van der Waals surface area contributed by atoms with Gasteiger partial charge < -0.3 is 10.6 Å². The summed E-state index contributed by atoms with van der Waals surface area (Å²) in [4.78, 5) is 2.23. The molecular weight excluding hydrogens is 252 g/mol. The van der Waals surface area contributed by atoms with Gasteiger partial charge in [0, 0.05) is 29.3 Å².